The summed E-state index contributed by atoms with van der Waals surface area (Å²) < 4.78 is 14.9. The number of benzene rings is 1. The minimum absolute atomic E-state index is 0.105. The average molecular weight is 220 g/mol. The summed E-state index contributed by atoms with van der Waals surface area (Å²) in [4.78, 5) is 22.3. The molecule has 0 atom stereocenters. The molecule has 0 aliphatic rings. The van der Waals surface area contributed by atoms with Crippen LogP contribution >= 0.6 is 0 Å². The van der Waals surface area contributed by atoms with Crippen LogP contribution in [0.5, 0.6) is 0 Å². The van der Waals surface area contributed by atoms with Crippen LogP contribution in [0, 0.1) is 5.82 Å². The lowest BCUT2D eigenvalue weighted by Gasteiger charge is -2.08. The van der Waals surface area contributed by atoms with E-state index in [4.69, 9.17) is 5.73 Å². The number of carbonyl (C=O) groups is 1. The van der Waals surface area contributed by atoms with Crippen molar-refractivity contribution in [2.24, 2.45) is 5.73 Å². The number of hydrogen-bond acceptors (Lipinski definition) is 2. The van der Waals surface area contributed by atoms with Crippen molar-refractivity contribution in [1.29, 1.82) is 0 Å². The zero-order valence-corrected chi connectivity index (χ0v) is 8.31. The zero-order chi connectivity index (χ0) is 11.7. The van der Waals surface area contributed by atoms with Crippen LogP contribution < -0.4 is 11.2 Å². The number of halogens is 1. The van der Waals surface area contributed by atoms with E-state index in [1.165, 1.54) is 35.0 Å². The maximum absolute atomic E-state index is 13.6. The Bertz CT molecular complexity index is 619. The zero-order valence-electron chi connectivity index (χ0n) is 8.31. The number of carbonyl (C=O) groups excluding carboxylic acids is 1. The minimum atomic E-state index is -0.590. The molecule has 0 radical (unpaired) electrons. The Hall–Kier alpha value is -2.17. The summed E-state index contributed by atoms with van der Waals surface area (Å²) in [6.45, 7) is -0.155. The van der Waals surface area contributed by atoms with E-state index in [0.717, 1.165) is 0 Å². The Morgan fingerprint density at radius 2 is 2.12 bits per heavy atom. The number of nitrogens with zero attached hydrogens (tertiary/aromatic N) is 1. The first-order valence-corrected chi connectivity index (χ1v) is 4.65. The molecule has 0 bridgehead atoms. The topological polar surface area (TPSA) is 65.1 Å². The third-order valence-electron chi connectivity index (χ3n) is 2.27. The molecule has 0 unspecified atom stereocenters. The first kappa shape index (κ1) is 10.4. The van der Waals surface area contributed by atoms with Gasteiger partial charge in [0.05, 0.1) is 5.52 Å². The highest BCUT2D eigenvalue weighted by Crippen LogP contribution is 2.14. The number of hydrogen-bond donors (Lipinski definition) is 1. The van der Waals surface area contributed by atoms with Crippen molar-refractivity contribution >= 4 is 16.8 Å². The second-order valence-electron chi connectivity index (χ2n) is 3.41. The largest absolute Gasteiger partial charge is 0.368 e. The monoisotopic (exact) mass is 220 g/mol. The maximum Gasteiger partial charge on any atom is 0.237 e. The fourth-order valence-corrected chi connectivity index (χ4v) is 1.63. The first-order chi connectivity index (χ1) is 7.59. The van der Waals surface area contributed by atoms with Crippen LogP contribution in [0.2, 0.25) is 0 Å². The van der Waals surface area contributed by atoms with Crippen LogP contribution in [0.3, 0.4) is 0 Å². The highest BCUT2D eigenvalue weighted by molar-refractivity contribution is 5.82. The fraction of sp³-hybridized carbons (Fsp3) is 0.0909. The van der Waals surface area contributed by atoms with Gasteiger partial charge in [-0.1, -0.05) is 6.07 Å². The molecule has 2 N–H and O–H groups in total. The van der Waals surface area contributed by atoms with Gasteiger partial charge in [-0.15, -0.1) is 0 Å². The molecule has 5 heteroatoms. The van der Waals surface area contributed by atoms with E-state index in [1.54, 1.807) is 0 Å². The molecule has 16 heavy (non-hydrogen) atoms. The van der Waals surface area contributed by atoms with Gasteiger partial charge in [0.1, 0.15) is 12.4 Å². The van der Waals surface area contributed by atoms with Crippen molar-refractivity contribution in [2.45, 2.75) is 6.54 Å². The number of para-hydroxylation sites is 1. The van der Waals surface area contributed by atoms with Gasteiger partial charge >= 0.3 is 0 Å². The van der Waals surface area contributed by atoms with E-state index >= 15 is 0 Å². The number of nitrogens with two attached hydrogens (primary N) is 1. The van der Waals surface area contributed by atoms with Gasteiger partial charge in [-0.05, 0) is 12.1 Å². The van der Waals surface area contributed by atoms with Crippen molar-refractivity contribution in [3.63, 3.8) is 0 Å². The van der Waals surface area contributed by atoms with Crippen LogP contribution in [-0.4, -0.2) is 10.5 Å². The summed E-state index contributed by atoms with van der Waals surface area (Å²) in [7, 11) is 0. The SMILES string of the molecule is NC(=O)Cn1ccc(=O)c2cccc(F)c21. The Labute approximate surface area is 90.1 Å². The van der Waals surface area contributed by atoms with Gasteiger partial charge in [-0.3, -0.25) is 9.59 Å². The molecular weight excluding hydrogens is 211 g/mol. The average Bonchev–Trinajstić information content (AvgIpc) is 2.22. The Balaban J connectivity index is 2.81. The van der Waals surface area contributed by atoms with E-state index in [0.29, 0.717) is 0 Å². The van der Waals surface area contributed by atoms with Crippen molar-refractivity contribution < 1.29 is 9.18 Å². The van der Waals surface area contributed by atoms with Crippen LogP contribution in [0.1, 0.15) is 0 Å². The summed E-state index contributed by atoms with van der Waals surface area (Å²) in [5, 5.41) is 0.240. The molecule has 0 saturated carbocycles. The second kappa shape index (κ2) is 3.77. The van der Waals surface area contributed by atoms with E-state index in [9.17, 15) is 14.0 Å². The number of pyridine rings is 1. The lowest BCUT2D eigenvalue weighted by molar-refractivity contribution is -0.118. The molecule has 1 aromatic carbocycles. The third kappa shape index (κ3) is 1.67. The first-order valence-electron chi connectivity index (χ1n) is 4.65. The normalized spacial score (nSPS) is 10.6. The summed E-state index contributed by atoms with van der Waals surface area (Å²) in [6.07, 6.45) is 1.36. The number of amides is 1. The summed E-state index contributed by atoms with van der Waals surface area (Å²) in [5.74, 6) is -1.13. The van der Waals surface area contributed by atoms with Crippen molar-refractivity contribution in [3.05, 3.63) is 46.5 Å². The van der Waals surface area contributed by atoms with Gasteiger partial charge in [-0.2, -0.15) is 0 Å². The molecule has 0 aliphatic carbocycles. The van der Waals surface area contributed by atoms with Gasteiger partial charge < -0.3 is 10.3 Å². The van der Waals surface area contributed by atoms with Crippen LogP contribution in [0.15, 0.2) is 35.3 Å². The van der Waals surface area contributed by atoms with Gasteiger partial charge in [0.25, 0.3) is 0 Å². The highest BCUT2D eigenvalue weighted by Gasteiger charge is 2.08. The molecule has 1 aromatic heterocycles. The van der Waals surface area contributed by atoms with E-state index in [1.807, 2.05) is 0 Å². The van der Waals surface area contributed by atoms with Crippen LogP contribution in [0.4, 0.5) is 4.39 Å². The Morgan fingerprint density at radius 1 is 1.38 bits per heavy atom. The van der Waals surface area contributed by atoms with Gasteiger partial charge in [-0.25, -0.2) is 4.39 Å². The number of aromatic nitrogens is 1. The van der Waals surface area contributed by atoms with E-state index < -0.39 is 11.7 Å². The number of rotatable bonds is 2. The minimum Gasteiger partial charge on any atom is -0.368 e. The van der Waals surface area contributed by atoms with Gasteiger partial charge in [0.2, 0.25) is 5.91 Å². The quantitative estimate of drug-likeness (QED) is 0.806. The van der Waals surface area contributed by atoms with Crippen LogP contribution in [-0.2, 0) is 11.3 Å². The van der Waals surface area contributed by atoms with Crippen molar-refractivity contribution in [3.8, 4) is 0 Å². The van der Waals surface area contributed by atoms with Crippen LogP contribution in [0.25, 0.3) is 10.9 Å². The molecular formula is C11H9FN2O2. The smallest absolute Gasteiger partial charge is 0.237 e. The predicted octanol–water partition coefficient (Wildman–Crippen LogP) is 0.626. The molecule has 1 heterocycles. The Morgan fingerprint density at radius 3 is 2.81 bits per heavy atom. The lowest BCUT2D eigenvalue weighted by Crippen LogP contribution is -2.20. The molecule has 4 nitrogen and oxygen atoms in total. The fourth-order valence-electron chi connectivity index (χ4n) is 1.63. The second-order valence-corrected chi connectivity index (χ2v) is 3.41. The molecule has 0 spiro atoms. The van der Waals surface area contributed by atoms with Crippen molar-refractivity contribution in [2.75, 3.05) is 0 Å². The van der Waals surface area contributed by atoms with E-state index in [-0.39, 0.29) is 22.9 Å². The summed E-state index contributed by atoms with van der Waals surface area (Å²) in [6, 6.07) is 5.48. The third-order valence-corrected chi connectivity index (χ3v) is 2.27. The molecule has 0 fully saturated rings. The molecule has 82 valence electrons. The predicted molar refractivity (Wildman–Crippen MR) is 57.4 cm³/mol. The standard InChI is InChI=1S/C11H9FN2O2/c12-8-3-1-2-7-9(15)4-5-14(11(7)8)6-10(13)16/h1-5H,6H2,(H2,13,16). The van der Waals surface area contributed by atoms with Crippen molar-refractivity contribution in [1.82, 2.24) is 4.57 Å². The molecule has 0 aliphatic heterocycles. The molecule has 0 saturated heterocycles. The highest BCUT2D eigenvalue weighted by atomic mass is 19.1. The van der Waals surface area contributed by atoms with Gasteiger partial charge in [0.15, 0.2) is 5.43 Å². The number of primary amides is 1. The van der Waals surface area contributed by atoms with Gasteiger partial charge in [0, 0.05) is 17.6 Å². The molecule has 2 aromatic rings. The lowest BCUT2D eigenvalue weighted by atomic mass is 10.2. The summed E-state index contributed by atoms with van der Waals surface area (Å²) >= 11 is 0. The summed E-state index contributed by atoms with van der Waals surface area (Å²) in [5.41, 5.74) is 4.87. The number of fused-ring (bicyclic) bond motifs is 1. The van der Waals surface area contributed by atoms with E-state index in [2.05, 4.69) is 0 Å². The Kier molecular flexibility index (Phi) is 2.44. The maximum atomic E-state index is 13.6. The molecule has 2 rings (SSSR count). The molecule has 1 amide bonds.